The van der Waals surface area contributed by atoms with Gasteiger partial charge in [0, 0.05) is 11.3 Å². The Morgan fingerprint density at radius 2 is 1.63 bits per heavy atom. The SMILES string of the molecule is CCC(NC(=O)N(Cc1ccc(C(=O)NC[C@@H](O)C(=O)O)cc1)c1ccc(C2=CCCCC2)cc1)c1ccc(OC(F)(F)F)cc1. The third kappa shape index (κ3) is 9.58. The number of alkyl halides is 3. The molecular weight excluding hydrogens is 603 g/mol. The summed E-state index contributed by atoms with van der Waals surface area (Å²) < 4.78 is 41.8. The molecule has 0 bridgehead atoms. The molecule has 3 amide bonds. The van der Waals surface area contributed by atoms with E-state index in [1.165, 1.54) is 42.0 Å². The standard InChI is InChI=1S/C34H36F3N3O6/c1-2-29(25-14-18-28(19-15-25)46-34(35,36)37)39-33(45)40(27-16-12-24(13-17-27)23-6-4-3-5-7-23)21-22-8-10-26(11-9-22)31(42)38-20-30(41)32(43)44/h6,8-19,29-30,41H,2-5,7,20-21H2,1H3,(H,38,42)(H,39,45)(H,43,44)/t29?,30-/m1/s1. The molecule has 9 nitrogen and oxygen atoms in total. The van der Waals surface area contributed by atoms with Crippen LogP contribution in [0.5, 0.6) is 5.75 Å². The van der Waals surface area contributed by atoms with Crippen LogP contribution in [0.3, 0.4) is 0 Å². The maximum Gasteiger partial charge on any atom is 0.573 e. The van der Waals surface area contributed by atoms with E-state index in [2.05, 4.69) is 21.4 Å². The van der Waals surface area contributed by atoms with E-state index in [0.29, 0.717) is 23.2 Å². The van der Waals surface area contributed by atoms with Gasteiger partial charge in [0.1, 0.15) is 5.75 Å². The summed E-state index contributed by atoms with van der Waals surface area (Å²) in [6.07, 6.45) is 0.468. The lowest BCUT2D eigenvalue weighted by atomic mass is 9.93. The van der Waals surface area contributed by atoms with E-state index in [1.54, 1.807) is 17.0 Å². The van der Waals surface area contributed by atoms with E-state index in [9.17, 15) is 32.7 Å². The van der Waals surface area contributed by atoms with Crippen LogP contribution in [0.25, 0.3) is 5.57 Å². The zero-order chi connectivity index (χ0) is 33.3. The van der Waals surface area contributed by atoms with Gasteiger partial charge in [0.15, 0.2) is 6.10 Å². The zero-order valence-corrected chi connectivity index (χ0v) is 25.2. The number of carbonyl (C=O) groups excluding carboxylic acids is 2. The molecule has 0 spiro atoms. The number of aliphatic hydroxyl groups excluding tert-OH is 1. The van der Waals surface area contributed by atoms with Gasteiger partial charge in [-0.3, -0.25) is 9.69 Å². The van der Waals surface area contributed by atoms with E-state index in [1.807, 2.05) is 31.2 Å². The number of hydrogen-bond acceptors (Lipinski definition) is 5. The van der Waals surface area contributed by atoms with Crippen molar-refractivity contribution < 1.29 is 42.5 Å². The lowest BCUT2D eigenvalue weighted by Gasteiger charge is -2.27. The molecule has 0 saturated heterocycles. The largest absolute Gasteiger partial charge is 0.573 e. The number of aliphatic hydroxyl groups is 1. The number of rotatable bonds is 12. The molecule has 0 radical (unpaired) electrons. The zero-order valence-electron chi connectivity index (χ0n) is 25.2. The summed E-state index contributed by atoms with van der Waals surface area (Å²) in [7, 11) is 0. The van der Waals surface area contributed by atoms with Crippen molar-refractivity contribution in [3.8, 4) is 5.75 Å². The molecule has 1 unspecified atom stereocenters. The number of carboxylic acid groups (broad SMARTS) is 1. The highest BCUT2D eigenvalue weighted by Gasteiger charge is 2.31. The van der Waals surface area contributed by atoms with Crippen LogP contribution in [0.4, 0.5) is 23.7 Å². The van der Waals surface area contributed by atoms with Crippen LogP contribution in [0.2, 0.25) is 0 Å². The van der Waals surface area contributed by atoms with Crippen molar-refractivity contribution in [1.29, 1.82) is 0 Å². The van der Waals surface area contributed by atoms with Crippen molar-refractivity contribution in [2.75, 3.05) is 11.4 Å². The molecule has 0 saturated carbocycles. The van der Waals surface area contributed by atoms with Crippen molar-refractivity contribution in [2.24, 2.45) is 0 Å². The Balaban J connectivity index is 1.54. The smallest absolute Gasteiger partial charge is 0.479 e. The second-order valence-corrected chi connectivity index (χ2v) is 10.9. The number of amides is 3. The second-order valence-electron chi connectivity index (χ2n) is 10.9. The monoisotopic (exact) mass is 639 g/mol. The van der Waals surface area contributed by atoms with Crippen LogP contribution in [0, 0.1) is 0 Å². The van der Waals surface area contributed by atoms with Crippen molar-refractivity contribution >= 4 is 29.2 Å². The van der Waals surface area contributed by atoms with Crippen LogP contribution >= 0.6 is 0 Å². The third-order valence-electron chi connectivity index (χ3n) is 7.61. The van der Waals surface area contributed by atoms with E-state index in [0.717, 1.165) is 31.2 Å². The second kappa shape index (κ2) is 15.4. The van der Waals surface area contributed by atoms with E-state index >= 15 is 0 Å². The first-order valence-electron chi connectivity index (χ1n) is 14.9. The van der Waals surface area contributed by atoms with Crippen LogP contribution in [-0.2, 0) is 11.3 Å². The fourth-order valence-electron chi connectivity index (χ4n) is 5.11. The van der Waals surface area contributed by atoms with E-state index < -0.39 is 43.0 Å². The number of nitrogens with zero attached hydrogens (tertiary/aromatic N) is 1. The number of benzene rings is 3. The number of urea groups is 1. The summed E-state index contributed by atoms with van der Waals surface area (Å²) in [6, 6.07) is 18.5. The fraction of sp³-hybridized carbons (Fsp3) is 0.324. The summed E-state index contributed by atoms with van der Waals surface area (Å²) in [5, 5.41) is 23.6. The van der Waals surface area contributed by atoms with Gasteiger partial charge in [-0.2, -0.15) is 0 Å². The number of hydrogen-bond donors (Lipinski definition) is 4. The molecular formula is C34H36F3N3O6. The molecule has 2 atom stereocenters. The van der Waals surface area contributed by atoms with Crippen molar-refractivity contribution in [1.82, 2.24) is 10.6 Å². The number of halogens is 3. The molecule has 4 rings (SSSR count). The molecule has 0 aliphatic heterocycles. The third-order valence-corrected chi connectivity index (χ3v) is 7.61. The lowest BCUT2D eigenvalue weighted by molar-refractivity contribution is -0.274. The van der Waals surface area contributed by atoms with Gasteiger partial charge in [0.05, 0.1) is 19.1 Å². The molecule has 12 heteroatoms. The highest BCUT2D eigenvalue weighted by atomic mass is 19.4. The number of allylic oxidation sites excluding steroid dienone is 2. The van der Waals surface area contributed by atoms with E-state index in [-0.39, 0.29) is 17.9 Å². The van der Waals surface area contributed by atoms with Gasteiger partial charge in [-0.05, 0) is 90.8 Å². The van der Waals surface area contributed by atoms with Crippen LogP contribution in [0.15, 0.2) is 78.9 Å². The normalized spacial score (nSPS) is 14.4. The minimum Gasteiger partial charge on any atom is -0.479 e. The molecule has 0 fully saturated rings. The number of aliphatic carboxylic acids is 1. The van der Waals surface area contributed by atoms with Gasteiger partial charge in [-0.1, -0.05) is 49.4 Å². The predicted molar refractivity (Wildman–Crippen MR) is 166 cm³/mol. The summed E-state index contributed by atoms with van der Waals surface area (Å²) in [5.41, 5.74) is 4.51. The van der Waals surface area contributed by atoms with Crippen LogP contribution in [0.1, 0.15) is 72.1 Å². The Morgan fingerprint density at radius 1 is 0.957 bits per heavy atom. The van der Waals surface area contributed by atoms with Crippen molar-refractivity contribution in [2.45, 2.75) is 64.1 Å². The number of carboxylic acids is 1. The molecule has 0 heterocycles. The van der Waals surface area contributed by atoms with Gasteiger partial charge in [-0.15, -0.1) is 13.2 Å². The highest BCUT2D eigenvalue weighted by Crippen LogP contribution is 2.30. The Hall–Kier alpha value is -4.84. The quantitative estimate of drug-likeness (QED) is 0.177. The topological polar surface area (TPSA) is 128 Å². The highest BCUT2D eigenvalue weighted by molar-refractivity contribution is 5.95. The molecule has 3 aromatic carbocycles. The van der Waals surface area contributed by atoms with Crippen molar-refractivity contribution in [3.05, 3.63) is 101 Å². The lowest BCUT2D eigenvalue weighted by Crippen LogP contribution is -2.41. The predicted octanol–water partition coefficient (Wildman–Crippen LogP) is 6.59. The van der Waals surface area contributed by atoms with Gasteiger partial charge in [0.2, 0.25) is 0 Å². The first kappa shape index (κ1) is 34.0. The number of ether oxygens (including phenoxy) is 1. The van der Waals surface area contributed by atoms with Crippen LogP contribution in [-0.4, -0.2) is 47.1 Å². The number of nitrogens with one attached hydrogen (secondary N) is 2. The molecule has 4 N–H and O–H groups in total. The van der Waals surface area contributed by atoms with E-state index in [4.69, 9.17) is 5.11 Å². The number of anilines is 1. The van der Waals surface area contributed by atoms with Crippen molar-refractivity contribution in [3.63, 3.8) is 0 Å². The molecule has 3 aromatic rings. The Labute approximate surface area is 264 Å². The fourth-order valence-corrected chi connectivity index (χ4v) is 5.11. The summed E-state index contributed by atoms with van der Waals surface area (Å²) in [5.74, 6) is -2.37. The first-order chi connectivity index (χ1) is 21.9. The Kier molecular flexibility index (Phi) is 11.4. The molecule has 0 aromatic heterocycles. The van der Waals surface area contributed by atoms with Gasteiger partial charge < -0.3 is 25.6 Å². The van der Waals surface area contributed by atoms with Gasteiger partial charge >= 0.3 is 18.4 Å². The minimum atomic E-state index is -4.81. The Bertz CT molecular complexity index is 1520. The maximum atomic E-state index is 13.8. The van der Waals surface area contributed by atoms with Gasteiger partial charge in [-0.25, -0.2) is 9.59 Å². The molecule has 46 heavy (non-hydrogen) atoms. The average Bonchev–Trinajstić information content (AvgIpc) is 3.05. The molecule has 244 valence electrons. The molecule has 1 aliphatic carbocycles. The van der Waals surface area contributed by atoms with Gasteiger partial charge in [0.25, 0.3) is 5.91 Å². The summed E-state index contributed by atoms with van der Waals surface area (Å²) in [4.78, 5) is 38.6. The minimum absolute atomic E-state index is 0.127. The number of carbonyl (C=O) groups is 3. The average molecular weight is 640 g/mol. The molecule has 1 aliphatic rings. The summed E-state index contributed by atoms with van der Waals surface area (Å²) >= 11 is 0. The summed E-state index contributed by atoms with van der Waals surface area (Å²) in [6.45, 7) is 1.52. The van der Waals surface area contributed by atoms with Crippen LogP contribution < -0.4 is 20.3 Å². The first-order valence-corrected chi connectivity index (χ1v) is 14.9. The maximum absolute atomic E-state index is 13.8. The Morgan fingerprint density at radius 3 is 2.20 bits per heavy atom.